The topological polar surface area (TPSA) is 38.8 Å². The average Bonchev–Trinajstić information content (AvgIpc) is 2.55. The number of benzene rings is 2. The molecule has 0 spiro atoms. The molecule has 0 aliphatic heterocycles. The molecule has 0 saturated carbocycles. The third-order valence-electron chi connectivity index (χ3n) is 3.15. The van der Waals surface area contributed by atoms with Gasteiger partial charge in [0.25, 0.3) is 5.91 Å². The van der Waals surface area contributed by atoms with Crippen LogP contribution in [0.15, 0.2) is 60.7 Å². The van der Waals surface area contributed by atoms with E-state index < -0.39 is 6.29 Å². The highest BCUT2D eigenvalue weighted by Crippen LogP contribution is 2.18. The maximum absolute atomic E-state index is 12.6. The molecule has 0 aliphatic carbocycles. The molecular weight excluding hydrogens is 266 g/mol. The van der Waals surface area contributed by atoms with Crippen LogP contribution in [0, 0.1) is 0 Å². The summed E-state index contributed by atoms with van der Waals surface area (Å²) in [6.45, 7) is 0.465. The molecule has 4 heteroatoms. The molecule has 0 radical (unpaired) electrons. The van der Waals surface area contributed by atoms with Gasteiger partial charge in [0.05, 0.1) is 6.54 Å². The van der Waals surface area contributed by atoms with Crippen LogP contribution in [-0.4, -0.2) is 26.4 Å². The van der Waals surface area contributed by atoms with E-state index in [1.54, 1.807) is 4.90 Å². The van der Waals surface area contributed by atoms with Crippen molar-refractivity contribution in [3.05, 3.63) is 66.2 Å². The molecule has 0 atom stereocenters. The van der Waals surface area contributed by atoms with Crippen LogP contribution in [0.2, 0.25) is 0 Å². The van der Waals surface area contributed by atoms with Crippen molar-refractivity contribution in [2.24, 2.45) is 0 Å². The lowest BCUT2D eigenvalue weighted by atomic mass is 10.2. The summed E-state index contributed by atoms with van der Waals surface area (Å²) >= 11 is 0. The minimum atomic E-state index is -0.908. The normalized spacial score (nSPS) is 10.6. The molecule has 0 aliphatic rings. The van der Waals surface area contributed by atoms with Gasteiger partial charge in [-0.05, 0) is 17.7 Å². The van der Waals surface area contributed by atoms with Gasteiger partial charge < -0.3 is 14.4 Å². The first kappa shape index (κ1) is 15.2. The summed E-state index contributed by atoms with van der Waals surface area (Å²) < 4.78 is 10.2. The molecule has 0 unspecified atom stereocenters. The van der Waals surface area contributed by atoms with E-state index in [4.69, 9.17) is 9.47 Å². The van der Waals surface area contributed by atoms with E-state index in [1.807, 2.05) is 60.7 Å². The van der Waals surface area contributed by atoms with Crippen LogP contribution in [0.3, 0.4) is 0 Å². The summed E-state index contributed by atoms with van der Waals surface area (Å²) in [5, 5.41) is 0. The number of amides is 1. The molecule has 21 heavy (non-hydrogen) atoms. The van der Waals surface area contributed by atoms with E-state index in [9.17, 15) is 4.79 Å². The molecule has 2 aromatic rings. The van der Waals surface area contributed by atoms with Crippen molar-refractivity contribution in [3.8, 4) is 0 Å². The zero-order chi connectivity index (χ0) is 15.1. The Morgan fingerprint density at radius 3 is 2.00 bits per heavy atom. The van der Waals surface area contributed by atoms with E-state index in [2.05, 4.69) is 0 Å². The summed E-state index contributed by atoms with van der Waals surface area (Å²) in [6.07, 6.45) is -0.908. The van der Waals surface area contributed by atoms with Crippen LogP contribution >= 0.6 is 0 Å². The number of rotatable bonds is 6. The number of anilines is 1. The molecule has 0 aromatic heterocycles. The van der Waals surface area contributed by atoms with Crippen LogP contribution in [0.4, 0.5) is 5.69 Å². The Morgan fingerprint density at radius 2 is 1.48 bits per heavy atom. The van der Waals surface area contributed by atoms with Crippen molar-refractivity contribution < 1.29 is 14.3 Å². The van der Waals surface area contributed by atoms with Crippen molar-refractivity contribution in [1.82, 2.24) is 0 Å². The van der Waals surface area contributed by atoms with Gasteiger partial charge in [0.15, 0.2) is 0 Å². The van der Waals surface area contributed by atoms with E-state index in [1.165, 1.54) is 14.2 Å². The largest absolute Gasteiger partial charge is 0.348 e. The summed E-state index contributed by atoms with van der Waals surface area (Å²) in [7, 11) is 2.91. The monoisotopic (exact) mass is 285 g/mol. The summed E-state index contributed by atoms with van der Waals surface area (Å²) in [5.74, 6) is -0.227. The number of hydrogen-bond donors (Lipinski definition) is 0. The van der Waals surface area contributed by atoms with Crippen molar-refractivity contribution in [2.75, 3.05) is 19.1 Å². The second-order valence-corrected chi connectivity index (χ2v) is 4.55. The van der Waals surface area contributed by atoms with E-state index in [0.717, 1.165) is 11.3 Å². The van der Waals surface area contributed by atoms with Crippen molar-refractivity contribution in [3.63, 3.8) is 0 Å². The lowest BCUT2D eigenvalue weighted by molar-refractivity contribution is -0.156. The minimum absolute atomic E-state index is 0.227. The number of ether oxygens (including phenoxy) is 2. The predicted molar refractivity (Wildman–Crippen MR) is 81.9 cm³/mol. The number of methoxy groups -OCH3 is 2. The Bertz CT molecular complexity index is 553. The number of nitrogens with zero attached hydrogens (tertiary/aromatic N) is 1. The van der Waals surface area contributed by atoms with E-state index in [0.29, 0.717) is 6.54 Å². The SMILES string of the molecule is COC(OC)C(=O)N(Cc1ccccc1)c1ccccc1. The lowest BCUT2D eigenvalue weighted by Gasteiger charge is -2.26. The Balaban J connectivity index is 2.29. The van der Waals surface area contributed by atoms with Crippen LogP contribution < -0.4 is 4.90 Å². The number of carbonyl (C=O) groups excluding carboxylic acids is 1. The third-order valence-corrected chi connectivity index (χ3v) is 3.15. The van der Waals surface area contributed by atoms with Gasteiger partial charge in [-0.25, -0.2) is 0 Å². The van der Waals surface area contributed by atoms with E-state index in [-0.39, 0.29) is 5.91 Å². The molecule has 110 valence electrons. The third kappa shape index (κ3) is 3.90. The van der Waals surface area contributed by atoms with Crippen molar-refractivity contribution in [1.29, 1.82) is 0 Å². The van der Waals surface area contributed by atoms with Crippen LogP contribution in [0.1, 0.15) is 5.56 Å². The minimum Gasteiger partial charge on any atom is -0.348 e. The Labute approximate surface area is 124 Å². The maximum atomic E-state index is 12.6. The van der Waals surface area contributed by atoms with Crippen molar-refractivity contribution >= 4 is 11.6 Å². The second-order valence-electron chi connectivity index (χ2n) is 4.55. The zero-order valence-electron chi connectivity index (χ0n) is 12.2. The first-order valence-electron chi connectivity index (χ1n) is 6.72. The fourth-order valence-electron chi connectivity index (χ4n) is 2.10. The second kappa shape index (κ2) is 7.57. The fourth-order valence-corrected chi connectivity index (χ4v) is 2.10. The molecule has 0 fully saturated rings. The van der Waals surface area contributed by atoms with Gasteiger partial charge in [0.1, 0.15) is 0 Å². The summed E-state index contributed by atoms with van der Waals surface area (Å²) in [4.78, 5) is 14.2. The smallest absolute Gasteiger partial charge is 0.284 e. The molecule has 4 nitrogen and oxygen atoms in total. The van der Waals surface area contributed by atoms with Crippen LogP contribution in [0.25, 0.3) is 0 Å². The number of carbonyl (C=O) groups is 1. The first-order valence-corrected chi connectivity index (χ1v) is 6.72. The van der Waals surface area contributed by atoms with Gasteiger partial charge in [0, 0.05) is 19.9 Å². The molecule has 0 saturated heterocycles. The lowest BCUT2D eigenvalue weighted by Crippen LogP contribution is -2.40. The maximum Gasteiger partial charge on any atom is 0.284 e. The quantitative estimate of drug-likeness (QED) is 0.766. The first-order chi connectivity index (χ1) is 10.3. The molecule has 2 aromatic carbocycles. The summed E-state index contributed by atoms with van der Waals surface area (Å²) in [5.41, 5.74) is 1.85. The molecule has 1 amide bonds. The zero-order valence-corrected chi connectivity index (χ0v) is 12.2. The Kier molecular flexibility index (Phi) is 5.49. The van der Waals surface area contributed by atoms with Gasteiger partial charge >= 0.3 is 0 Å². The van der Waals surface area contributed by atoms with Gasteiger partial charge in [-0.2, -0.15) is 0 Å². The molecule has 0 N–H and O–H groups in total. The fraction of sp³-hybridized carbons (Fsp3) is 0.235. The highest BCUT2D eigenvalue weighted by Gasteiger charge is 2.25. The number of hydrogen-bond acceptors (Lipinski definition) is 3. The highest BCUT2D eigenvalue weighted by atomic mass is 16.7. The highest BCUT2D eigenvalue weighted by molar-refractivity contribution is 5.95. The number of para-hydroxylation sites is 1. The Hall–Kier alpha value is -2.17. The molecule has 0 heterocycles. The average molecular weight is 285 g/mol. The standard InChI is InChI=1S/C17H19NO3/c1-20-17(21-2)16(19)18(15-11-7-4-8-12-15)13-14-9-5-3-6-10-14/h3-12,17H,13H2,1-2H3. The van der Waals surface area contributed by atoms with Gasteiger partial charge in [-0.1, -0.05) is 48.5 Å². The van der Waals surface area contributed by atoms with Crippen molar-refractivity contribution in [2.45, 2.75) is 12.8 Å². The van der Waals surface area contributed by atoms with Gasteiger partial charge in [-0.15, -0.1) is 0 Å². The molecule has 2 rings (SSSR count). The molecule has 0 bridgehead atoms. The predicted octanol–water partition coefficient (Wildman–Crippen LogP) is 2.84. The van der Waals surface area contributed by atoms with E-state index >= 15 is 0 Å². The van der Waals surface area contributed by atoms with Crippen LogP contribution in [-0.2, 0) is 20.8 Å². The molecular formula is C17H19NO3. The van der Waals surface area contributed by atoms with Crippen LogP contribution in [0.5, 0.6) is 0 Å². The summed E-state index contributed by atoms with van der Waals surface area (Å²) in [6, 6.07) is 19.3. The Morgan fingerprint density at radius 1 is 0.952 bits per heavy atom. The van der Waals surface area contributed by atoms with Gasteiger partial charge in [0.2, 0.25) is 6.29 Å². The van der Waals surface area contributed by atoms with Gasteiger partial charge in [-0.3, -0.25) is 4.79 Å².